The number of nitrogens with two attached hydrogens (primary N) is 3. The van der Waals surface area contributed by atoms with Crippen LogP contribution in [0.1, 0.15) is 114 Å². The van der Waals surface area contributed by atoms with Crippen LogP contribution >= 0.6 is 0 Å². The van der Waals surface area contributed by atoms with Crippen molar-refractivity contribution in [3.63, 3.8) is 0 Å². The average molecular weight is 500 g/mol. The number of hydrogen-bond donors (Lipinski definition) is 3. The lowest BCUT2D eigenvalue weighted by molar-refractivity contribution is 0.892. The molecule has 0 aliphatic rings. The zero-order valence-corrected chi connectivity index (χ0v) is 24.8. The highest BCUT2D eigenvalue weighted by Gasteiger charge is 2.28. The second-order valence-corrected chi connectivity index (χ2v) is 10.5. The van der Waals surface area contributed by atoms with E-state index in [0.29, 0.717) is 0 Å². The van der Waals surface area contributed by atoms with Gasteiger partial charge in [-0.2, -0.15) is 0 Å². The summed E-state index contributed by atoms with van der Waals surface area (Å²) < 4.78 is 0. The third-order valence-corrected chi connectivity index (χ3v) is 8.80. The van der Waals surface area contributed by atoms with Gasteiger partial charge in [0.15, 0.2) is 0 Å². The van der Waals surface area contributed by atoms with Gasteiger partial charge in [0.1, 0.15) is 0 Å². The normalized spacial score (nSPS) is 11.5. The first-order valence-corrected chi connectivity index (χ1v) is 14.3. The van der Waals surface area contributed by atoms with Crippen molar-refractivity contribution in [2.45, 2.75) is 107 Å². The molecule has 0 aliphatic heterocycles. The molecule has 0 bridgehead atoms. The second-order valence-electron chi connectivity index (χ2n) is 10.5. The molecule has 0 unspecified atom stereocenters. The lowest BCUT2D eigenvalue weighted by Crippen LogP contribution is -2.16. The Hall–Kier alpha value is -2.94. The lowest BCUT2D eigenvalue weighted by atomic mass is 9.74. The minimum atomic E-state index is 0.0867. The zero-order chi connectivity index (χ0) is 27.6. The molecular weight excluding hydrogens is 450 g/mol. The molecule has 37 heavy (non-hydrogen) atoms. The predicted molar refractivity (Wildman–Crippen MR) is 164 cm³/mol. The SMILES string of the molecule is CCc1cc(C(c2cc(CC)c(N)c(CC)c2C)c2cc(CC)c(N)c(CC)c2C)c(C)c(CC)c1N. The van der Waals surface area contributed by atoms with Crippen molar-refractivity contribution in [2.24, 2.45) is 0 Å². The largest absolute Gasteiger partial charge is 0.398 e. The van der Waals surface area contributed by atoms with Gasteiger partial charge >= 0.3 is 0 Å². The van der Waals surface area contributed by atoms with Crippen LogP contribution in [0, 0.1) is 20.8 Å². The Morgan fingerprint density at radius 1 is 0.459 bits per heavy atom. The summed E-state index contributed by atoms with van der Waals surface area (Å²) in [6.45, 7) is 20.1. The number of benzene rings is 3. The van der Waals surface area contributed by atoms with Crippen molar-refractivity contribution in [3.8, 4) is 0 Å². The first-order chi connectivity index (χ1) is 17.6. The molecular formula is C34H49N3. The lowest BCUT2D eigenvalue weighted by Gasteiger charge is -2.30. The van der Waals surface area contributed by atoms with Gasteiger partial charge in [-0.25, -0.2) is 0 Å². The highest BCUT2D eigenvalue weighted by Crippen LogP contribution is 2.44. The van der Waals surface area contributed by atoms with Crippen LogP contribution in [-0.2, 0) is 38.5 Å². The Morgan fingerprint density at radius 3 is 0.892 bits per heavy atom. The maximum Gasteiger partial charge on any atom is 0.0381 e. The highest BCUT2D eigenvalue weighted by molar-refractivity contribution is 5.69. The van der Waals surface area contributed by atoms with Crippen molar-refractivity contribution >= 4 is 17.1 Å². The fourth-order valence-electron chi connectivity index (χ4n) is 6.48. The first kappa shape index (κ1) is 28.6. The van der Waals surface area contributed by atoms with Crippen LogP contribution in [0.5, 0.6) is 0 Å². The summed E-state index contributed by atoms with van der Waals surface area (Å²) in [6, 6.07) is 7.15. The van der Waals surface area contributed by atoms with Crippen LogP contribution in [0.25, 0.3) is 0 Å². The summed E-state index contributed by atoms with van der Waals surface area (Å²) in [5.41, 5.74) is 38.5. The van der Waals surface area contributed by atoms with E-state index in [2.05, 4.69) is 80.5 Å². The Labute approximate surface area is 225 Å². The standard InChI is InChI=1S/C34H49N3/c1-10-22-16-28(19(7)25(13-4)32(22)35)31(29-17-23(11-2)33(36)26(14-5)20(29)8)30-18-24(12-3)34(37)27(15-6)21(30)9/h16-18,31H,10-15,35-37H2,1-9H3. The number of aryl methyl sites for hydroxylation is 3. The van der Waals surface area contributed by atoms with Crippen LogP contribution in [0.15, 0.2) is 18.2 Å². The maximum atomic E-state index is 6.70. The quantitative estimate of drug-likeness (QED) is 0.207. The van der Waals surface area contributed by atoms with Crippen LogP contribution in [0.4, 0.5) is 17.1 Å². The Kier molecular flexibility index (Phi) is 9.00. The van der Waals surface area contributed by atoms with Gasteiger partial charge in [0.05, 0.1) is 0 Å². The van der Waals surface area contributed by atoms with E-state index in [0.717, 1.165) is 55.6 Å². The van der Waals surface area contributed by atoms with Crippen LogP contribution in [0.3, 0.4) is 0 Å². The van der Waals surface area contributed by atoms with E-state index in [9.17, 15) is 0 Å². The van der Waals surface area contributed by atoms with Gasteiger partial charge in [0.25, 0.3) is 0 Å². The molecule has 3 aromatic carbocycles. The highest BCUT2D eigenvalue weighted by atomic mass is 14.6. The topological polar surface area (TPSA) is 78.1 Å². The molecule has 3 heteroatoms. The van der Waals surface area contributed by atoms with Gasteiger partial charge in [-0.1, -0.05) is 59.7 Å². The van der Waals surface area contributed by atoms with E-state index in [1.165, 1.54) is 66.8 Å². The molecule has 0 aromatic heterocycles. The summed E-state index contributed by atoms with van der Waals surface area (Å²) in [6.07, 6.45) is 5.53. The molecule has 0 radical (unpaired) electrons. The molecule has 0 fully saturated rings. The summed E-state index contributed by atoms with van der Waals surface area (Å²) in [4.78, 5) is 0. The number of nitrogen functional groups attached to an aromatic ring is 3. The van der Waals surface area contributed by atoms with Crippen LogP contribution in [-0.4, -0.2) is 0 Å². The molecule has 200 valence electrons. The summed E-state index contributed by atoms with van der Waals surface area (Å²) in [7, 11) is 0. The maximum absolute atomic E-state index is 6.70. The van der Waals surface area contributed by atoms with Gasteiger partial charge in [-0.3, -0.25) is 0 Å². The minimum absolute atomic E-state index is 0.0867. The molecule has 3 nitrogen and oxygen atoms in total. The smallest absolute Gasteiger partial charge is 0.0381 e. The summed E-state index contributed by atoms with van der Waals surface area (Å²) >= 11 is 0. The monoisotopic (exact) mass is 499 g/mol. The first-order valence-electron chi connectivity index (χ1n) is 14.3. The van der Waals surface area contributed by atoms with Gasteiger partial charge in [-0.15, -0.1) is 0 Å². The number of hydrogen-bond acceptors (Lipinski definition) is 3. The third-order valence-electron chi connectivity index (χ3n) is 8.80. The van der Waals surface area contributed by atoms with Crippen molar-refractivity contribution < 1.29 is 0 Å². The van der Waals surface area contributed by atoms with Gasteiger partial charge in [0.2, 0.25) is 0 Å². The van der Waals surface area contributed by atoms with Gasteiger partial charge < -0.3 is 17.2 Å². The van der Waals surface area contributed by atoms with E-state index < -0.39 is 0 Å². The van der Waals surface area contributed by atoms with Crippen LogP contribution < -0.4 is 17.2 Å². The predicted octanol–water partition coefficient (Wildman–Crippen LogP) is 7.91. The van der Waals surface area contributed by atoms with E-state index in [1.54, 1.807) is 0 Å². The molecule has 0 atom stereocenters. The number of anilines is 3. The van der Waals surface area contributed by atoms with Crippen molar-refractivity contribution in [1.29, 1.82) is 0 Å². The fraction of sp³-hybridized carbons (Fsp3) is 0.471. The zero-order valence-electron chi connectivity index (χ0n) is 24.8. The molecule has 0 heterocycles. The summed E-state index contributed by atoms with van der Waals surface area (Å²) in [5, 5.41) is 0. The minimum Gasteiger partial charge on any atom is -0.398 e. The fourth-order valence-corrected chi connectivity index (χ4v) is 6.48. The Morgan fingerprint density at radius 2 is 0.703 bits per heavy atom. The van der Waals surface area contributed by atoms with Crippen LogP contribution in [0.2, 0.25) is 0 Å². The molecule has 3 rings (SSSR count). The van der Waals surface area contributed by atoms with E-state index >= 15 is 0 Å². The molecule has 0 aliphatic carbocycles. The molecule has 0 spiro atoms. The number of rotatable bonds is 9. The van der Waals surface area contributed by atoms with Crippen molar-refractivity contribution in [1.82, 2.24) is 0 Å². The van der Waals surface area contributed by atoms with Gasteiger partial charge in [-0.05, 0) is 126 Å². The molecule has 3 aromatic rings. The van der Waals surface area contributed by atoms with E-state index in [-0.39, 0.29) is 5.92 Å². The molecule has 0 saturated heterocycles. The Bertz CT molecular complexity index is 1140. The molecule has 0 amide bonds. The van der Waals surface area contributed by atoms with E-state index in [4.69, 9.17) is 17.2 Å². The Balaban J connectivity index is 2.58. The summed E-state index contributed by atoms with van der Waals surface area (Å²) in [5.74, 6) is 0.0867. The van der Waals surface area contributed by atoms with E-state index in [1.807, 2.05) is 0 Å². The third kappa shape index (κ3) is 4.85. The molecule has 6 N–H and O–H groups in total. The van der Waals surface area contributed by atoms with Gasteiger partial charge in [0, 0.05) is 23.0 Å². The average Bonchev–Trinajstić information content (AvgIpc) is 2.88. The molecule has 0 saturated carbocycles. The second kappa shape index (κ2) is 11.6. The van der Waals surface area contributed by atoms with Crippen molar-refractivity contribution in [3.05, 3.63) is 85.0 Å². The van der Waals surface area contributed by atoms with Crippen molar-refractivity contribution in [2.75, 3.05) is 17.2 Å².